The molecular formula is C20H16ClFN6O2S. The molecule has 31 heavy (non-hydrogen) atoms. The minimum atomic E-state index is -4.15. The number of sulfonamides is 1. The summed E-state index contributed by atoms with van der Waals surface area (Å²) in [6.45, 7) is 0. The summed E-state index contributed by atoms with van der Waals surface area (Å²) in [5.41, 5.74) is 8.28. The molecule has 0 saturated heterocycles. The van der Waals surface area contributed by atoms with Crippen molar-refractivity contribution in [3.05, 3.63) is 59.0 Å². The van der Waals surface area contributed by atoms with Gasteiger partial charge in [-0.2, -0.15) is 5.10 Å². The van der Waals surface area contributed by atoms with Gasteiger partial charge in [-0.25, -0.2) is 22.8 Å². The largest absolute Gasteiger partial charge is 0.383 e. The number of aromatic amines is 1. The number of nitrogen functional groups attached to an aromatic ring is 1. The molecule has 0 spiro atoms. The Hall–Kier alpha value is -3.24. The van der Waals surface area contributed by atoms with Gasteiger partial charge in [-0.15, -0.1) is 0 Å². The number of hydrogen-bond acceptors (Lipinski definition) is 6. The number of fused-ring (bicyclic) bond motifs is 1. The maximum absolute atomic E-state index is 14.0. The quantitative estimate of drug-likeness (QED) is 0.413. The zero-order valence-corrected chi connectivity index (χ0v) is 17.5. The van der Waals surface area contributed by atoms with Gasteiger partial charge in [-0.1, -0.05) is 11.6 Å². The Morgan fingerprint density at radius 2 is 1.87 bits per heavy atom. The van der Waals surface area contributed by atoms with Crippen LogP contribution in [0.25, 0.3) is 22.4 Å². The molecule has 1 fully saturated rings. The van der Waals surface area contributed by atoms with Crippen molar-refractivity contribution in [1.29, 1.82) is 0 Å². The summed E-state index contributed by atoms with van der Waals surface area (Å²) in [6.07, 6.45) is 2.08. The fourth-order valence-electron chi connectivity index (χ4n) is 3.34. The van der Waals surface area contributed by atoms with Gasteiger partial charge in [-0.05, 0) is 55.3 Å². The Balaban J connectivity index is 1.46. The lowest BCUT2D eigenvalue weighted by Gasteiger charge is -2.10. The third-order valence-corrected chi connectivity index (χ3v) is 6.64. The first kappa shape index (κ1) is 19.7. The molecule has 0 unspecified atom stereocenters. The zero-order chi connectivity index (χ0) is 21.8. The Bertz CT molecular complexity index is 1420. The molecule has 8 nitrogen and oxygen atoms in total. The van der Waals surface area contributed by atoms with Crippen molar-refractivity contribution in [3.8, 4) is 11.4 Å². The molecule has 0 radical (unpaired) electrons. The summed E-state index contributed by atoms with van der Waals surface area (Å²) in [7, 11) is -4.15. The van der Waals surface area contributed by atoms with Crippen LogP contribution in [0.5, 0.6) is 0 Å². The zero-order valence-electron chi connectivity index (χ0n) is 15.9. The van der Waals surface area contributed by atoms with Gasteiger partial charge in [0.1, 0.15) is 16.5 Å². The molecule has 4 aromatic rings. The maximum atomic E-state index is 14.0. The van der Waals surface area contributed by atoms with Crippen molar-refractivity contribution >= 4 is 44.2 Å². The summed E-state index contributed by atoms with van der Waals surface area (Å²) in [6, 6.07) is 9.82. The molecule has 2 aromatic heterocycles. The molecule has 1 aliphatic rings. The number of rotatable bonds is 5. The monoisotopic (exact) mass is 458 g/mol. The van der Waals surface area contributed by atoms with E-state index in [9.17, 15) is 12.8 Å². The normalized spacial score (nSPS) is 14.1. The average molecular weight is 459 g/mol. The van der Waals surface area contributed by atoms with E-state index in [-0.39, 0.29) is 10.7 Å². The highest BCUT2D eigenvalue weighted by molar-refractivity contribution is 7.92. The van der Waals surface area contributed by atoms with E-state index in [1.165, 1.54) is 6.07 Å². The molecule has 0 bridgehead atoms. The first-order valence-electron chi connectivity index (χ1n) is 9.41. The van der Waals surface area contributed by atoms with Crippen LogP contribution in [0.3, 0.4) is 0 Å². The third-order valence-electron chi connectivity index (χ3n) is 5.01. The van der Waals surface area contributed by atoms with E-state index in [2.05, 4.69) is 24.9 Å². The summed E-state index contributed by atoms with van der Waals surface area (Å²) in [5.74, 6) is 0.363. The highest BCUT2D eigenvalue weighted by Gasteiger charge is 2.30. The van der Waals surface area contributed by atoms with Gasteiger partial charge in [-0.3, -0.25) is 9.82 Å². The second kappa shape index (κ2) is 7.17. The van der Waals surface area contributed by atoms with Gasteiger partial charge in [0.2, 0.25) is 0 Å². The highest BCUT2D eigenvalue weighted by atomic mass is 35.5. The van der Waals surface area contributed by atoms with Crippen LogP contribution in [-0.2, 0) is 10.0 Å². The number of nitrogens with zero attached hydrogens (tertiary/aromatic N) is 3. The number of H-pyrrole nitrogens is 1. The molecule has 0 atom stereocenters. The minimum absolute atomic E-state index is 0.120. The molecule has 1 aliphatic carbocycles. The van der Waals surface area contributed by atoms with Crippen LogP contribution in [0.4, 0.5) is 15.9 Å². The first-order chi connectivity index (χ1) is 14.8. The van der Waals surface area contributed by atoms with Crippen molar-refractivity contribution in [2.75, 3.05) is 10.5 Å². The number of anilines is 2. The van der Waals surface area contributed by atoms with E-state index in [1.54, 1.807) is 24.3 Å². The van der Waals surface area contributed by atoms with Crippen molar-refractivity contribution in [2.45, 2.75) is 23.7 Å². The molecule has 2 heterocycles. The van der Waals surface area contributed by atoms with Crippen molar-refractivity contribution in [3.63, 3.8) is 0 Å². The molecule has 5 rings (SSSR count). The molecular weight excluding hydrogens is 443 g/mol. The fourth-order valence-corrected chi connectivity index (χ4v) is 4.74. The summed E-state index contributed by atoms with van der Waals surface area (Å²) in [5, 5.41) is 7.77. The van der Waals surface area contributed by atoms with Gasteiger partial charge < -0.3 is 5.73 Å². The van der Waals surface area contributed by atoms with Crippen LogP contribution < -0.4 is 10.5 Å². The lowest BCUT2D eigenvalue weighted by Crippen LogP contribution is -2.14. The van der Waals surface area contributed by atoms with Crippen LogP contribution in [0.2, 0.25) is 5.02 Å². The Labute approximate surface area is 181 Å². The van der Waals surface area contributed by atoms with E-state index in [4.69, 9.17) is 17.3 Å². The molecule has 0 amide bonds. The number of halogens is 2. The van der Waals surface area contributed by atoms with Crippen molar-refractivity contribution in [2.24, 2.45) is 0 Å². The Kier molecular flexibility index (Phi) is 4.56. The van der Waals surface area contributed by atoms with Crippen LogP contribution in [0, 0.1) is 5.82 Å². The van der Waals surface area contributed by atoms with Gasteiger partial charge in [0.15, 0.2) is 11.5 Å². The predicted octanol–water partition coefficient (Wildman–Crippen LogP) is 4.07. The first-order valence-corrected chi connectivity index (χ1v) is 11.3. The molecule has 1 saturated carbocycles. The standard InChI is InChI=1S/C20H16ClFN6O2S/c21-12-5-8-14(22)15(9-12)31(29,30)28-13-6-3-11(4-7-13)19-24-17(10-1-2-10)16-18(23)26-27-20(16)25-19/h3-10,28H,1-2H2,(H3,23,24,25,26,27). The molecule has 158 valence electrons. The fraction of sp³-hybridized carbons (Fsp3) is 0.150. The van der Waals surface area contributed by atoms with Crippen molar-refractivity contribution < 1.29 is 12.8 Å². The van der Waals surface area contributed by atoms with E-state index in [1.807, 2.05) is 0 Å². The maximum Gasteiger partial charge on any atom is 0.264 e. The van der Waals surface area contributed by atoms with Crippen LogP contribution in [-0.4, -0.2) is 28.6 Å². The minimum Gasteiger partial charge on any atom is -0.383 e. The number of nitrogens with two attached hydrogens (primary N) is 1. The topological polar surface area (TPSA) is 127 Å². The Morgan fingerprint density at radius 1 is 1.13 bits per heavy atom. The van der Waals surface area contributed by atoms with E-state index >= 15 is 0 Å². The van der Waals surface area contributed by atoms with Crippen LogP contribution >= 0.6 is 11.6 Å². The predicted molar refractivity (Wildman–Crippen MR) is 116 cm³/mol. The smallest absolute Gasteiger partial charge is 0.264 e. The Morgan fingerprint density at radius 3 is 2.58 bits per heavy atom. The second-order valence-electron chi connectivity index (χ2n) is 7.30. The van der Waals surface area contributed by atoms with Crippen LogP contribution in [0.1, 0.15) is 24.5 Å². The van der Waals surface area contributed by atoms with Gasteiger partial charge in [0, 0.05) is 22.2 Å². The highest BCUT2D eigenvalue weighted by Crippen LogP contribution is 2.43. The molecule has 4 N–H and O–H groups in total. The summed E-state index contributed by atoms with van der Waals surface area (Å²) in [4.78, 5) is 8.63. The number of benzene rings is 2. The number of aromatic nitrogens is 4. The number of nitrogens with one attached hydrogen (secondary N) is 2. The summed E-state index contributed by atoms with van der Waals surface area (Å²) < 4.78 is 41.4. The second-order valence-corrected chi connectivity index (χ2v) is 9.39. The average Bonchev–Trinajstić information content (AvgIpc) is 3.52. The lowest BCUT2D eigenvalue weighted by atomic mass is 10.1. The van der Waals surface area contributed by atoms with E-state index < -0.39 is 20.7 Å². The molecule has 11 heteroatoms. The third kappa shape index (κ3) is 3.68. The lowest BCUT2D eigenvalue weighted by molar-refractivity contribution is 0.570. The van der Waals surface area contributed by atoms with Gasteiger partial charge >= 0.3 is 0 Å². The molecule has 0 aliphatic heterocycles. The van der Waals surface area contributed by atoms with E-state index in [0.29, 0.717) is 28.8 Å². The van der Waals surface area contributed by atoms with Crippen molar-refractivity contribution in [1.82, 2.24) is 20.2 Å². The van der Waals surface area contributed by atoms with Gasteiger partial charge in [0.25, 0.3) is 10.0 Å². The van der Waals surface area contributed by atoms with E-state index in [0.717, 1.165) is 36.1 Å². The molecule has 2 aromatic carbocycles. The van der Waals surface area contributed by atoms with Crippen LogP contribution in [0.15, 0.2) is 47.4 Å². The SMILES string of the molecule is Nc1[nH]nc2nc(-c3ccc(NS(=O)(=O)c4cc(Cl)ccc4F)cc3)nc(C3CC3)c12. The summed E-state index contributed by atoms with van der Waals surface area (Å²) >= 11 is 5.81. The van der Waals surface area contributed by atoms with Gasteiger partial charge in [0.05, 0.1) is 11.1 Å². The number of hydrogen-bond donors (Lipinski definition) is 3.